The van der Waals surface area contributed by atoms with Crippen LogP contribution in [0.3, 0.4) is 0 Å². The van der Waals surface area contributed by atoms with Crippen molar-refractivity contribution < 1.29 is 14.6 Å². The number of hydrogen-bond donors (Lipinski definition) is 1. The van der Waals surface area contributed by atoms with Crippen molar-refractivity contribution in [1.29, 1.82) is 0 Å². The lowest BCUT2D eigenvalue weighted by Gasteiger charge is -2.21. The molecule has 1 aliphatic carbocycles. The van der Waals surface area contributed by atoms with Gasteiger partial charge in [-0.3, -0.25) is 0 Å². The normalized spacial score (nSPS) is 19.8. The Kier molecular flexibility index (Phi) is 5.32. The van der Waals surface area contributed by atoms with Crippen LogP contribution in [0.15, 0.2) is 0 Å². The van der Waals surface area contributed by atoms with E-state index in [1.807, 2.05) is 0 Å². The van der Waals surface area contributed by atoms with Gasteiger partial charge in [-0.15, -0.1) is 0 Å². The maximum Gasteiger partial charge on any atom is 0.147 e. The first-order valence-electron chi connectivity index (χ1n) is 4.73. The fourth-order valence-electron chi connectivity index (χ4n) is 1.50. The molecule has 0 aromatic heterocycles. The molecule has 1 rings (SSSR count). The van der Waals surface area contributed by atoms with Crippen LogP contribution < -0.4 is 0 Å². The van der Waals surface area contributed by atoms with Gasteiger partial charge >= 0.3 is 0 Å². The average Bonchev–Trinajstić information content (AvgIpc) is 2.14. The molecule has 12 heavy (non-hydrogen) atoms. The highest BCUT2D eigenvalue weighted by Crippen LogP contribution is 2.19. The summed E-state index contributed by atoms with van der Waals surface area (Å²) in [4.78, 5) is 0. The van der Waals surface area contributed by atoms with Gasteiger partial charge in [0, 0.05) is 0 Å². The maximum atomic E-state index is 8.42. The second-order valence-electron chi connectivity index (χ2n) is 3.18. The Morgan fingerprint density at radius 1 is 1.17 bits per heavy atom. The molecule has 0 heterocycles. The molecule has 0 aromatic rings. The summed E-state index contributed by atoms with van der Waals surface area (Å²) in [5, 5.41) is 8.42. The van der Waals surface area contributed by atoms with Crippen LogP contribution >= 0.6 is 0 Å². The average molecular weight is 174 g/mol. The Bertz CT molecular complexity index is 99.9. The van der Waals surface area contributed by atoms with Gasteiger partial charge in [0.2, 0.25) is 0 Å². The molecular weight excluding hydrogens is 156 g/mol. The minimum absolute atomic E-state index is 0.0774. The third kappa shape index (κ3) is 4.04. The molecule has 1 N–H and O–H groups in total. The van der Waals surface area contributed by atoms with Crippen LogP contribution in [0.25, 0.3) is 0 Å². The molecular formula is C9H18O3. The molecule has 0 amide bonds. The topological polar surface area (TPSA) is 38.7 Å². The van der Waals surface area contributed by atoms with Crippen molar-refractivity contribution in [3.63, 3.8) is 0 Å². The fraction of sp³-hybridized carbons (Fsp3) is 1.00. The van der Waals surface area contributed by atoms with E-state index in [9.17, 15) is 0 Å². The predicted molar refractivity (Wildman–Crippen MR) is 45.9 cm³/mol. The molecule has 0 atom stereocenters. The van der Waals surface area contributed by atoms with E-state index in [4.69, 9.17) is 14.6 Å². The first-order chi connectivity index (χ1) is 5.93. The third-order valence-corrected chi connectivity index (χ3v) is 2.17. The van der Waals surface area contributed by atoms with Gasteiger partial charge in [-0.05, 0) is 12.8 Å². The Hall–Kier alpha value is -0.120. The molecule has 1 saturated carbocycles. The van der Waals surface area contributed by atoms with Crippen molar-refractivity contribution in [2.24, 2.45) is 0 Å². The molecule has 1 aliphatic rings. The van der Waals surface area contributed by atoms with Crippen LogP contribution in [0.4, 0.5) is 0 Å². The second-order valence-corrected chi connectivity index (χ2v) is 3.18. The summed E-state index contributed by atoms with van der Waals surface area (Å²) in [6.07, 6.45) is 6.65. The van der Waals surface area contributed by atoms with E-state index in [2.05, 4.69) is 0 Å². The highest BCUT2D eigenvalue weighted by Gasteiger charge is 2.12. The molecule has 0 spiro atoms. The largest absolute Gasteiger partial charge is 0.394 e. The number of aliphatic hydroxyl groups excluding tert-OH is 1. The summed E-state index contributed by atoms with van der Waals surface area (Å²) in [5.74, 6) is 0. The number of hydrogen-bond acceptors (Lipinski definition) is 3. The highest BCUT2D eigenvalue weighted by molar-refractivity contribution is 4.64. The van der Waals surface area contributed by atoms with E-state index in [-0.39, 0.29) is 6.61 Å². The van der Waals surface area contributed by atoms with E-state index in [1.54, 1.807) is 0 Å². The zero-order chi connectivity index (χ0) is 8.65. The third-order valence-electron chi connectivity index (χ3n) is 2.17. The predicted octanol–water partition coefficient (Wildman–Crippen LogP) is 1.30. The molecule has 0 unspecified atom stereocenters. The lowest BCUT2D eigenvalue weighted by Crippen LogP contribution is -2.18. The minimum atomic E-state index is 0.0774. The summed E-state index contributed by atoms with van der Waals surface area (Å²) >= 11 is 0. The number of aliphatic hydroxyl groups is 1. The molecule has 0 aromatic carbocycles. The summed E-state index contributed by atoms with van der Waals surface area (Å²) in [6, 6.07) is 0. The lowest BCUT2D eigenvalue weighted by molar-refractivity contribution is -0.103. The van der Waals surface area contributed by atoms with Gasteiger partial charge in [0.1, 0.15) is 6.79 Å². The standard InChI is InChI=1S/C9H18O3/c10-6-7-11-8-12-9-4-2-1-3-5-9/h9-10H,1-8H2. The van der Waals surface area contributed by atoms with E-state index in [0.29, 0.717) is 19.5 Å². The summed E-state index contributed by atoms with van der Waals surface area (Å²) in [7, 11) is 0. The van der Waals surface area contributed by atoms with Gasteiger partial charge in [-0.25, -0.2) is 0 Å². The minimum Gasteiger partial charge on any atom is -0.394 e. The first kappa shape index (κ1) is 9.96. The van der Waals surface area contributed by atoms with Crippen LogP contribution in [-0.2, 0) is 9.47 Å². The van der Waals surface area contributed by atoms with Crippen molar-refractivity contribution in [2.45, 2.75) is 38.2 Å². The number of rotatable bonds is 5. The Labute approximate surface area is 73.7 Å². The molecule has 1 fully saturated rings. The number of ether oxygens (including phenoxy) is 2. The lowest BCUT2D eigenvalue weighted by atomic mass is 9.98. The maximum absolute atomic E-state index is 8.42. The Morgan fingerprint density at radius 3 is 2.58 bits per heavy atom. The van der Waals surface area contributed by atoms with Gasteiger partial charge in [-0.1, -0.05) is 19.3 Å². The molecule has 3 nitrogen and oxygen atoms in total. The van der Waals surface area contributed by atoms with E-state index in [1.165, 1.54) is 32.1 Å². The van der Waals surface area contributed by atoms with Crippen molar-refractivity contribution in [1.82, 2.24) is 0 Å². The van der Waals surface area contributed by atoms with Crippen molar-refractivity contribution in [3.8, 4) is 0 Å². The second kappa shape index (κ2) is 6.40. The molecule has 3 heteroatoms. The van der Waals surface area contributed by atoms with Gasteiger partial charge in [-0.2, -0.15) is 0 Å². The summed E-state index contributed by atoms with van der Waals surface area (Å²) in [6.45, 7) is 0.798. The smallest absolute Gasteiger partial charge is 0.147 e. The Balaban J connectivity index is 1.91. The van der Waals surface area contributed by atoms with Crippen LogP contribution in [-0.4, -0.2) is 31.2 Å². The van der Waals surface area contributed by atoms with E-state index >= 15 is 0 Å². The summed E-state index contributed by atoms with van der Waals surface area (Å²) in [5.41, 5.74) is 0. The SMILES string of the molecule is OCCOCOC1CCCCC1. The zero-order valence-corrected chi connectivity index (χ0v) is 7.50. The summed E-state index contributed by atoms with van der Waals surface area (Å²) < 4.78 is 10.5. The van der Waals surface area contributed by atoms with Crippen molar-refractivity contribution in [3.05, 3.63) is 0 Å². The molecule has 72 valence electrons. The molecule has 0 radical (unpaired) electrons. The van der Waals surface area contributed by atoms with Crippen LogP contribution in [0.5, 0.6) is 0 Å². The van der Waals surface area contributed by atoms with Gasteiger partial charge < -0.3 is 14.6 Å². The molecule has 0 bridgehead atoms. The van der Waals surface area contributed by atoms with Crippen LogP contribution in [0, 0.1) is 0 Å². The van der Waals surface area contributed by atoms with Crippen molar-refractivity contribution >= 4 is 0 Å². The van der Waals surface area contributed by atoms with Gasteiger partial charge in [0.25, 0.3) is 0 Å². The first-order valence-corrected chi connectivity index (χ1v) is 4.73. The molecule has 0 aliphatic heterocycles. The van der Waals surface area contributed by atoms with E-state index in [0.717, 1.165) is 0 Å². The molecule has 0 saturated heterocycles. The van der Waals surface area contributed by atoms with Crippen LogP contribution in [0.1, 0.15) is 32.1 Å². The van der Waals surface area contributed by atoms with Gasteiger partial charge in [0.05, 0.1) is 19.3 Å². The Morgan fingerprint density at radius 2 is 1.92 bits per heavy atom. The van der Waals surface area contributed by atoms with E-state index < -0.39 is 0 Å². The van der Waals surface area contributed by atoms with Crippen LogP contribution in [0.2, 0.25) is 0 Å². The fourth-order valence-corrected chi connectivity index (χ4v) is 1.50. The van der Waals surface area contributed by atoms with Gasteiger partial charge in [0.15, 0.2) is 0 Å². The monoisotopic (exact) mass is 174 g/mol. The zero-order valence-electron chi connectivity index (χ0n) is 7.50. The van der Waals surface area contributed by atoms with Crippen molar-refractivity contribution in [2.75, 3.05) is 20.0 Å². The highest BCUT2D eigenvalue weighted by atomic mass is 16.7. The quantitative estimate of drug-likeness (QED) is 0.504.